The maximum Gasteiger partial charge on any atom is 0.303 e. The van der Waals surface area contributed by atoms with Crippen LogP contribution in [-0.2, 0) is 9.59 Å². The van der Waals surface area contributed by atoms with Crippen LogP contribution in [0.2, 0.25) is 0 Å². The van der Waals surface area contributed by atoms with E-state index in [2.05, 4.69) is 51.6 Å². The lowest BCUT2D eigenvalue weighted by Gasteiger charge is -2.16. The van der Waals surface area contributed by atoms with Crippen molar-refractivity contribution >= 4 is 11.9 Å². The number of carboxylic acids is 2. The monoisotopic (exact) mass is 769 g/mol. The molecule has 2 N–H and O–H groups in total. The summed E-state index contributed by atoms with van der Waals surface area (Å²) in [5.41, 5.74) is 0. The minimum Gasteiger partial charge on any atom is -0.481 e. The second-order valence-corrected chi connectivity index (χ2v) is 16.5. The van der Waals surface area contributed by atoms with Gasteiger partial charge in [-0.3, -0.25) is 9.59 Å². The number of hydrogen-bond donors (Lipinski definition) is 2. The van der Waals surface area contributed by atoms with Crippen LogP contribution in [0.1, 0.15) is 259 Å². The molecule has 6 nitrogen and oxygen atoms in total. The van der Waals surface area contributed by atoms with Gasteiger partial charge in [0.05, 0.1) is 0 Å². The minimum atomic E-state index is -0.870. The Morgan fingerprint density at radius 2 is 0.463 bits per heavy atom. The highest BCUT2D eigenvalue weighted by molar-refractivity contribution is 5.67. The lowest BCUT2D eigenvalue weighted by molar-refractivity contribution is -0.139. The Bertz CT molecular complexity index is 606. The zero-order valence-electron chi connectivity index (χ0n) is 37.9. The number of hydrogen-bond acceptors (Lipinski definition) is 4. The van der Waals surface area contributed by atoms with Gasteiger partial charge in [-0.1, -0.05) is 207 Å². The van der Waals surface area contributed by atoms with E-state index < -0.39 is 11.9 Å². The van der Waals surface area contributed by atoms with E-state index in [1.165, 1.54) is 232 Å². The van der Waals surface area contributed by atoms with Crippen molar-refractivity contribution in [2.75, 3.05) is 40.3 Å². The molecular weight excluding hydrogens is 669 g/mol. The Balaban J connectivity index is -0.000000774. The molecule has 0 saturated carbocycles. The third-order valence-electron chi connectivity index (χ3n) is 10.6. The fraction of sp³-hybridized carbons (Fsp3) is 0.958. The first-order valence-corrected chi connectivity index (χ1v) is 24.1. The predicted octanol–water partition coefficient (Wildman–Crippen LogP) is 15.1. The molecule has 0 atom stereocenters. The average Bonchev–Trinajstić information content (AvgIpc) is 3.15. The largest absolute Gasteiger partial charge is 0.481 e. The molecule has 6 heteroatoms. The van der Waals surface area contributed by atoms with E-state index in [0.29, 0.717) is 12.8 Å². The average molecular weight is 769 g/mol. The van der Waals surface area contributed by atoms with Gasteiger partial charge in [-0.25, -0.2) is 0 Å². The quantitative estimate of drug-likeness (QED) is 0.0603. The Morgan fingerprint density at radius 3 is 0.630 bits per heavy atom. The summed E-state index contributed by atoms with van der Waals surface area (Å²) in [6.07, 6.45) is 46.9. The van der Waals surface area contributed by atoms with Crippen molar-refractivity contribution in [2.24, 2.45) is 0 Å². The molecule has 0 aliphatic heterocycles. The molecule has 0 saturated heterocycles. The summed E-state index contributed by atoms with van der Waals surface area (Å²) in [5, 5.41) is 16.3. The summed E-state index contributed by atoms with van der Waals surface area (Å²) < 4.78 is 0. The number of unbranched alkanes of at least 4 members (excludes halogenated alkanes) is 29. The normalized spacial score (nSPS) is 11.0. The van der Waals surface area contributed by atoms with Crippen molar-refractivity contribution in [3.63, 3.8) is 0 Å². The molecule has 54 heavy (non-hydrogen) atoms. The van der Waals surface area contributed by atoms with Gasteiger partial charge in [-0.15, -0.1) is 0 Å². The van der Waals surface area contributed by atoms with Gasteiger partial charge in [0.2, 0.25) is 0 Å². The van der Waals surface area contributed by atoms with E-state index >= 15 is 0 Å². The summed E-state index contributed by atoms with van der Waals surface area (Å²) in [6.45, 7) is 14.4. The van der Waals surface area contributed by atoms with E-state index in [0.717, 1.165) is 0 Å². The van der Waals surface area contributed by atoms with Gasteiger partial charge in [0.1, 0.15) is 0 Å². The molecule has 0 aliphatic rings. The van der Waals surface area contributed by atoms with Crippen molar-refractivity contribution in [1.29, 1.82) is 0 Å². The van der Waals surface area contributed by atoms with E-state index in [-0.39, 0.29) is 12.8 Å². The Kier molecular flexibility index (Phi) is 54.9. The molecule has 0 fully saturated rings. The maximum atomic E-state index is 9.90. The number of rotatable bonds is 41. The van der Waals surface area contributed by atoms with Crippen LogP contribution in [0.5, 0.6) is 0 Å². The first-order valence-electron chi connectivity index (χ1n) is 24.1. The first-order chi connectivity index (χ1) is 26.2. The molecule has 0 unspecified atom stereocenters. The lowest BCUT2D eigenvalue weighted by Crippen LogP contribution is -2.20. The van der Waals surface area contributed by atoms with E-state index in [9.17, 15) is 9.59 Å². The summed E-state index contributed by atoms with van der Waals surface area (Å²) in [5.74, 6) is -1.74. The van der Waals surface area contributed by atoms with Crippen molar-refractivity contribution < 1.29 is 19.8 Å². The van der Waals surface area contributed by atoms with Crippen LogP contribution in [0.3, 0.4) is 0 Å². The summed E-state index contributed by atoms with van der Waals surface area (Å²) in [6, 6.07) is 0. The van der Waals surface area contributed by atoms with Crippen LogP contribution < -0.4 is 0 Å². The second-order valence-electron chi connectivity index (χ2n) is 16.5. The summed E-state index contributed by atoms with van der Waals surface area (Å²) in [4.78, 5) is 24.9. The highest BCUT2D eigenvalue weighted by Crippen LogP contribution is 2.12. The van der Waals surface area contributed by atoms with Gasteiger partial charge < -0.3 is 20.0 Å². The third-order valence-corrected chi connectivity index (χ3v) is 10.6. The summed E-state index contributed by atoms with van der Waals surface area (Å²) >= 11 is 0. The van der Waals surface area contributed by atoms with Gasteiger partial charge in [-0.2, -0.15) is 0 Å². The van der Waals surface area contributed by atoms with Crippen LogP contribution in [0.4, 0.5) is 0 Å². The first kappa shape index (κ1) is 57.2. The highest BCUT2D eigenvalue weighted by Gasteiger charge is 2.01. The fourth-order valence-electron chi connectivity index (χ4n) is 6.84. The fourth-order valence-corrected chi connectivity index (χ4v) is 6.84. The van der Waals surface area contributed by atoms with Crippen molar-refractivity contribution in [2.45, 2.75) is 259 Å². The van der Waals surface area contributed by atoms with Crippen molar-refractivity contribution in [3.8, 4) is 0 Å². The van der Waals surface area contributed by atoms with Crippen LogP contribution >= 0.6 is 0 Å². The highest BCUT2D eigenvalue weighted by atomic mass is 16.4. The smallest absolute Gasteiger partial charge is 0.303 e. The molecule has 0 amide bonds. The van der Waals surface area contributed by atoms with Crippen LogP contribution in [0.25, 0.3) is 0 Å². The Labute approximate surface area is 339 Å². The lowest BCUT2D eigenvalue weighted by atomic mass is 10.1. The zero-order valence-corrected chi connectivity index (χ0v) is 37.9. The van der Waals surface area contributed by atoms with Crippen LogP contribution in [-0.4, -0.2) is 72.2 Å². The topological polar surface area (TPSA) is 81.1 Å². The molecular formula is C48H100N2O4. The molecule has 0 aromatic carbocycles. The number of carbonyl (C=O) groups is 2. The maximum absolute atomic E-state index is 9.90. The zero-order chi connectivity index (χ0) is 40.6. The third kappa shape index (κ3) is 60.1. The van der Waals surface area contributed by atoms with Crippen LogP contribution in [0.15, 0.2) is 0 Å². The molecule has 326 valence electrons. The van der Waals surface area contributed by atoms with Gasteiger partial charge in [0.25, 0.3) is 0 Å². The molecule has 0 aliphatic carbocycles. The van der Waals surface area contributed by atoms with Crippen molar-refractivity contribution in [1.82, 2.24) is 9.80 Å². The minimum absolute atomic E-state index is 0.0628. The second kappa shape index (κ2) is 51.9. The predicted molar refractivity (Wildman–Crippen MR) is 239 cm³/mol. The van der Waals surface area contributed by atoms with Gasteiger partial charge in [0, 0.05) is 12.8 Å². The molecule has 0 aromatic rings. The Morgan fingerprint density at radius 1 is 0.296 bits per heavy atom. The number of carboxylic acid groups (broad SMARTS) is 2. The van der Waals surface area contributed by atoms with E-state index in [1.54, 1.807) is 0 Å². The Hall–Kier alpha value is -1.14. The molecule has 0 rings (SSSR count). The molecule has 0 radical (unpaired) electrons. The standard InChI is InChI=1S/2C21H45N.C6H10O4/c2*1-4-6-8-10-12-14-16-18-20-22(3)21-19-17-15-13-11-9-7-5-2;7-5(8)3-1-2-4-6(9)10/h2*4-21H2,1-3H3;1-4H2,(H,7,8)(H,9,10). The SMILES string of the molecule is CCCCCCCCCCN(C)CCCCCCCCCC.CCCCCCCCCCN(C)CCCCCCCCCC.O=C(O)CCCCC(=O)O. The van der Waals surface area contributed by atoms with Gasteiger partial charge >= 0.3 is 11.9 Å². The van der Waals surface area contributed by atoms with E-state index in [4.69, 9.17) is 10.2 Å². The van der Waals surface area contributed by atoms with Crippen molar-refractivity contribution in [3.05, 3.63) is 0 Å². The van der Waals surface area contributed by atoms with Gasteiger partial charge in [0.15, 0.2) is 0 Å². The molecule has 0 heterocycles. The molecule has 0 spiro atoms. The molecule has 0 aromatic heterocycles. The number of nitrogens with zero attached hydrogens (tertiary/aromatic N) is 2. The molecule has 0 bridgehead atoms. The van der Waals surface area contributed by atoms with E-state index in [1.807, 2.05) is 0 Å². The van der Waals surface area contributed by atoms with Crippen LogP contribution in [0, 0.1) is 0 Å². The van der Waals surface area contributed by atoms with Gasteiger partial charge in [-0.05, 0) is 78.8 Å². The number of aliphatic carboxylic acids is 2. The summed E-state index contributed by atoms with van der Waals surface area (Å²) in [7, 11) is 4.62.